The molecule has 1 aliphatic heterocycles. The number of sulfonamides is 1. The first kappa shape index (κ1) is 26.0. The van der Waals surface area contributed by atoms with Crippen molar-refractivity contribution in [3.8, 4) is 5.88 Å². The average molecular weight is 500 g/mol. The van der Waals surface area contributed by atoms with Crippen LogP contribution in [0.5, 0.6) is 5.88 Å². The van der Waals surface area contributed by atoms with Gasteiger partial charge >= 0.3 is 6.18 Å². The summed E-state index contributed by atoms with van der Waals surface area (Å²) in [4.78, 5) is 16.2. The van der Waals surface area contributed by atoms with E-state index in [1.165, 1.54) is 12.3 Å². The zero-order chi connectivity index (χ0) is 24.6. The van der Waals surface area contributed by atoms with E-state index in [0.29, 0.717) is 25.1 Å². The topological polar surface area (TPSA) is 88.6 Å². The maximum absolute atomic E-state index is 12.8. The summed E-state index contributed by atoms with van der Waals surface area (Å²) in [6.07, 6.45) is 1.28. The summed E-state index contributed by atoms with van der Waals surface area (Å²) in [5.74, 6) is -0.407. The number of halogens is 3. The van der Waals surface area contributed by atoms with Crippen molar-refractivity contribution in [3.63, 3.8) is 0 Å². The molecular weight excluding hydrogens is 471 g/mol. The monoisotopic (exact) mass is 499 g/mol. The highest BCUT2D eigenvalue weighted by Gasteiger charge is 2.28. The molecule has 0 spiro atoms. The Kier molecular flexibility index (Phi) is 8.90. The Morgan fingerprint density at radius 2 is 1.71 bits per heavy atom. The highest BCUT2D eigenvalue weighted by Crippen LogP contribution is 2.21. The second-order valence-electron chi connectivity index (χ2n) is 8.15. The zero-order valence-electron chi connectivity index (χ0n) is 18.7. The lowest BCUT2D eigenvalue weighted by atomic mass is 10.1. The van der Waals surface area contributed by atoms with Crippen LogP contribution >= 0.6 is 0 Å². The van der Waals surface area contributed by atoms with Gasteiger partial charge in [-0.25, -0.2) is 13.4 Å². The molecule has 2 aromatic rings. The minimum absolute atomic E-state index is 0.122. The molecule has 11 heteroatoms. The van der Waals surface area contributed by atoms with E-state index in [0.717, 1.165) is 31.2 Å². The van der Waals surface area contributed by atoms with E-state index in [2.05, 4.69) is 15.0 Å². The van der Waals surface area contributed by atoms with Crippen LogP contribution in [0, 0.1) is 0 Å². The van der Waals surface area contributed by atoms with Crippen LogP contribution in [0.2, 0.25) is 0 Å². The predicted octanol–water partition coefficient (Wildman–Crippen LogP) is 3.84. The fourth-order valence-corrected chi connectivity index (χ4v) is 5.12. The molecule has 0 saturated carbocycles. The Bertz CT molecular complexity index is 1050. The number of benzene rings is 1. The lowest BCUT2D eigenvalue weighted by Gasteiger charge is -2.20. The van der Waals surface area contributed by atoms with Gasteiger partial charge in [0.2, 0.25) is 21.8 Å². The standard InChI is InChI=1S/C23H28F3N3O4S/c24-23(25,26)17-33-22-15-19(11-12-27-22)16-28-21(30)10-7-18-5-8-20(9-6-18)34(31,32)29-13-3-1-2-4-14-29/h5-6,8-9,11-12,15H,1-4,7,10,13-14,16-17H2,(H,28,30). The molecule has 1 fully saturated rings. The van der Waals surface area contributed by atoms with Crippen LogP contribution in [0.4, 0.5) is 13.2 Å². The summed E-state index contributed by atoms with van der Waals surface area (Å²) in [7, 11) is -3.51. The first-order chi connectivity index (χ1) is 16.1. The molecule has 186 valence electrons. The fourth-order valence-electron chi connectivity index (χ4n) is 3.60. The van der Waals surface area contributed by atoms with E-state index in [1.54, 1.807) is 34.6 Å². The molecule has 0 radical (unpaired) electrons. The molecule has 0 atom stereocenters. The van der Waals surface area contributed by atoms with Crippen molar-refractivity contribution < 1.29 is 31.1 Å². The summed E-state index contributed by atoms with van der Waals surface area (Å²) in [6, 6.07) is 9.50. The summed E-state index contributed by atoms with van der Waals surface area (Å²) in [5.41, 5.74) is 1.39. The molecule has 0 bridgehead atoms. The minimum atomic E-state index is -4.46. The number of amides is 1. The Hall–Kier alpha value is -2.66. The summed E-state index contributed by atoms with van der Waals surface area (Å²) in [5, 5.41) is 2.71. The normalized spacial score (nSPS) is 15.5. The van der Waals surface area contributed by atoms with Crippen molar-refractivity contribution >= 4 is 15.9 Å². The third kappa shape index (κ3) is 7.98. The number of ether oxygens (including phenoxy) is 1. The molecule has 1 aliphatic rings. The summed E-state index contributed by atoms with van der Waals surface area (Å²) < 4.78 is 68.6. The number of carbonyl (C=O) groups is 1. The molecule has 2 heterocycles. The number of nitrogens with zero attached hydrogens (tertiary/aromatic N) is 2. The van der Waals surface area contributed by atoms with Crippen molar-refractivity contribution in [1.29, 1.82) is 0 Å². The summed E-state index contributed by atoms with van der Waals surface area (Å²) >= 11 is 0. The van der Waals surface area contributed by atoms with Gasteiger partial charge in [-0.05, 0) is 48.6 Å². The Balaban J connectivity index is 1.47. The number of aryl methyl sites for hydroxylation is 1. The van der Waals surface area contributed by atoms with Crippen LogP contribution in [0.1, 0.15) is 43.2 Å². The number of hydrogen-bond donors (Lipinski definition) is 1. The van der Waals surface area contributed by atoms with Gasteiger partial charge in [-0.2, -0.15) is 17.5 Å². The number of hydrogen-bond acceptors (Lipinski definition) is 5. The van der Waals surface area contributed by atoms with Crippen LogP contribution in [0.25, 0.3) is 0 Å². The number of nitrogens with one attached hydrogen (secondary N) is 1. The maximum atomic E-state index is 12.8. The van der Waals surface area contributed by atoms with Gasteiger partial charge in [0, 0.05) is 38.3 Å². The van der Waals surface area contributed by atoms with E-state index in [9.17, 15) is 26.4 Å². The second-order valence-corrected chi connectivity index (χ2v) is 10.1. The number of alkyl halides is 3. The van der Waals surface area contributed by atoms with Gasteiger partial charge in [0.15, 0.2) is 6.61 Å². The van der Waals surface area contributed by atoms with Crippen LogP contribution in [0.3, 0.4) is 0 Å². The number of carbonyl (C=O) groups excluding carboxylic acids is 1. The lowest BCUT2D eigenvalue weighted by molar-refractivity contribution is -0.154. The molecule has 1 saturated heterocycles. The van der Waals surface area contributed by atoms with Crippen molar-refractivity contribution in [3.05, 3.63) is 53.7 Å². The first-order valence-electron chi connectivity index (χ1n) is 11.1. The third-order valence-electron chi connectivity index (χ3n) is 5.44. The van der Waals surface area contributed by atoms with E-state index in [1.807, 2.05) is 0 Å². The van der Waals surface area contributed by atoms with Gasteiger partial charge < -0.3 is 10.1 Å². The van der Waals surface area contributed by atoms with E-state index < -0.39 is 22.8 Å². The minimum Gasteiger partial charge on any atom is -0.468 e. The van der Waals surface area contributed by atoms with Crippen molar-refractivity contribution in [2.75, 3.05) is 19.7 Å². The zero-order valence-corrected chi connectivity index (χ0v) is 19.5. The highest BCUT2D eigenvalue weighted by molar-refractivity contribution is 7.89. The molecule has 34 heavy (non-hydrogen) atoms. The molecule has 0 aliphatic carbocycles. The lowest BCUT2D eigenvalue weighted by Crippen LogP contribution is -2.31. The van der Waals surface area contributed by atoms with Gasteiger partial charge in [-0.3, -0.25) is 4.79 Å². The second kappa shape index (κ2) is 11.7. The van der Waals surface area contributed by atoms with Gasteiger partial charge in [0.1, 0.15) is 0 Å². The van der Waals surface area contributed by atoms with Gasteiger partial charge in [0.25, 0.3) is 0 Å². The molecule has 1 aromatic carbocycles. The predicted molar refractivity (Wildman–Crippen MR) is 120 cm³/mol. The van der Waals surface area contributed by atoms with Crippen LogP contribution < -0.4 is 10.1 Å². The SMILES string of the molecule is O=C(CCc1ccc(S(=O)(=O)N2CCCCCC2)cc1)NCc1ccnc(OCC(F)(F)F)c1. The third-order valence-corrected chi connectivity index (χ3v) is 7.35. The van der Waals surface area contributed by atoms with Gasteiger partial charge in [-0.1, -0.05) is 25.0 Å². The van der Waals surface area contributed by atoms with Crippen molar-refractivity contribution in [2.24, 2.45) is 0 Å². The molecular formula is C23H28F3N3O4S. The average Bonchev–Trinajstić information content (AvgIpc) is 3.10. The molecule has 0 unspecified atom stereocenters. The van der Waals surface area contributed by atoms with E-state index in [4.69, 9.17) is 0 Å². The summed E-state index contributed by atoms with van der Waals surface area (Å²) in [6.45, 7) is -0.236. The van der Waals surface area contributed by atoms with Crippen molar-refractivity contribution in [1.82, 2.24) is 14.6 Å². The quantitative estimate of drug-likeness (QED) is 0.567. The number of aromatic nitrogens is 1. The fraction of sp³-hybridized carbons (Fsp3) is 0.478. The van der Waals surface area contributed by atoms with Gasteiger partial charge in [0.05, 0.1) is 4.90 Å². The van der Waals surface area contributed by atoms with Crippen LogP contribution in [-0.4, -0.2) is 49.5 Å². The van der Waals surface area contributed by atoms with Crippen molar-refractivity contribution in [2.45, 2.75) is 56.1 Å². The molecule has 3 rings (SSSR count). The molecule has 7 nitrogen and oxygen atoms in total. The first-order valence-corrected chi connectivity index (χ1v) is 12.6. The Morgan fingerprint density at radius 1 is 1.03 bits per heavy atom. The smallest absolute Gasteiger partial charge is 0.422 e. The number of pyridine rings is 1. The molecule has 1 amide bonds. The Morgan fingerprint density at radius 3 is 2.35 bits per heavy atom. The van der Waals surface area contributed by atoms with Crippen LogP contribution in [-0.2, 0) is 27.8 Å². The van der Waals surface area contributed by atoms with E-state index >= 15 is 0 Å². The largest absolute Gasteiger partial charge is 0.468 e. The van der Waals surface area contributed by atoms with Crippen LogP contribution in [0.15, 0.2) is 47.5 Å². The van der Waals surface area contributed by atoms with E-state index in [-0.39, 0.29) is 29.6 Å². The highest BCUT2D eigenvalue weighted by atomic mass is 32.2. The number of rotatable bonds is 9. The van der Waals surface area contributed by atoms with Gasteiger partial charge in [-0.15, -0.1) is 0 Å². The molecule has 1 aromatic heterocycles. The Labute approximate surface area is 197 Å². The molecule has 1 N–H and O–H groups in total. The maximum Gasteiger partial charge on any atom is 0.422 e.